The van der Waals surface area contributed by atoms with Crippen molar-refractivity contribution in [1.29, 1.82) is 0 Å². The van der Waals surface area contributed by atoms with Gasteiger partial charge in [-0.1, -0.05) is 13.8 Å². The summed E-state index contributed by atoms with van der Waals surface area (Å²) in [6, 6.07) is 6.17. The number of carboxylic acid groups (broad SMARTS) is 1. The van der Waals surface area contributed by atoms with Gasteiger partial charge in [0.1, 0.15) is 10.6 Å². The molecule has 0 aliphatic heterocycles. The normalized spacial score (nSPS) is 11.1. The van der Waals surface area contributed by atoms with Crippen LogP contribution in [-0.2, 0) is 7.05 Å². The molecule has 0 spiro atoms. The molecule has 1 aromatic carbocycles. The minimum atomic E-state index is -1.06. The van der Waals surface area contributed by atoms with Crippen molar-refractivity contribution in [3.8, 4) is 5.75 Å². The Morgan fingerprint density at radius 1 is 1.31 bits per heavy atom. The second-order valence-electron chi connectivity index (χ2n) is 6.17. The molecule has 2 aromatic heterocycles. The van der Waals surface area contributed by atoms with Crippen molar-refractivity contribution in [2.45, 2.75) is 19.8 Å². The molecule has 0 aliphatic rings. The fraction of sp³-hybridized carbons (Fsp3) is 0.278. The zero-order valence-electron chi connectivity index (χ0n) is 14.9. The number of rotatable bonds is 5. The molecule has 3 rings (SSSR count). The number of nitrogens with zero attached hydrogens (tertiary/aromatic N) is 2. The summed E-state index contributed by atoms with van der Waals surface area (Å²) in [6.07, 6.45) is 0. The van der Waals surface area contributed by atoms with E-state index in [0.29, 0.717) is 16.3 Å². The lowest BCUT2D eigenvalue weighted by Gasteiger charge is -2.10. The molecule has 0 aliphatic carbocycles. The molecule has 0 fully saturated rings. The van der Waals surface area contributed by atoms with E-state index in [4.69, 9.17) is 9.84 Å². The molecule has 2 heterocycles. The summed E-state index contributed by atoms with van der Waals surface area (Å²) < 4.78 is 6.98. The first-order chi connectivity index (χ1) is 12.3. The molecule has 1 amide bonds. The van der Waals surface area contributed by atoms with Gasteiger partial charge in [-0.3, -0.25) is 9.48 Å². The van der Waals surface area contributed by atoms with E-state index in [2.05, 4.69) is 24.3 Å². The monoisotopic (exact) mass is 373 g/mol. The van der Waals surface area contributed by atoms with Gasteiger partial charge in [-0.15, -0.1) is 11.3 Å². The van der Waals surface area contributed by atoms with Crippen LogP contribution < -0.4 is 10.1 Å². The Hall–Kier alpha value is -2.87. The number of aromatic carboxylic acids is 1. The lowest BCUT2D eigenvalue weighted by molar-refractivity contribution is 0.0696. The van der Waals surface area contributed by atoms with E-state index in [1.54, 1.807) is 4.68 Å². The van der Waals surface area contributed by atoms with Gasteiger partial charge in [-0.05, 0) is 30.2 Å². The van der Waals surface area contributed by atoms with E-state index in [1.807, 2.05) is 13.1 Å². The molecule has 26 heavy (non-hydrogen) atoms. The van der Waals surface area contributed by atoms with Crippen molar-refractivity contribution >= 4 is 39.1 Å². The second-order valence-corrected chi connectivity index (χ2v) is 7.20. The number of nitrogens with one attached hydrogen (secondary N) is 1. The standard InChI is InChI=1S/C18H19N3O4S/c1-9(2)15-11-8-14(26-17(11)21(3)20-15)16(22)19-12-6-5-10(18(23)24)7-13(12)25-4/h5-9H,1-4H3,(H,19,22)(H,23,24). The number of fused-ring (bicyclic) bond motifs is 1. The number of aromatic nitrogens is 2. The molecule has 0 saturated carbocycles. The number of aryl methyl sites for hydroxylation is 1. The largest absolute Gasteiger partial charge is 0.495 e. The third kappa shape index (κ3) is 3.15. The van der Waals surface area contributed by atoms with E-state index < -0.39 is 5.97 Å². The van der Waals surface area contributed by atoms with Crippen molar-refractivity contribution in [3.05, 3.63) is 40.4 Å². The quantitative estimate of drug-likeness (QED) is 0.711. The minimum absolute atomic E-state index is 0.0920. The Kier molecular flexibility index (Phi) is 4.69. The van der Waals surface area contributed by atoms with Crippen molar-refractivity contribution in [2.75, 3.05) is 12.4 Å². The van der Waals surface area contributed by atoms with E-state index >= 15 is 0 Å². The third-order valence-electron chi connectivity index (χ3n) is 4.01. The van der Waals surface area contributed by atoms with Crippen LogP contribution >= 0.6 is 11.3 Å². The van der Waals surface area contributed by atoms with Crippen LogP contribution in [0.2, 0.25) is 0 Å². The highest BCUT2D eigenvalue weighted by atomic mass is 32.1. The first-order valence-corrected chi connectivity index (χ1v) is 8.82. The summed E-state index contributed by atoms with van der Waals surface area (Å²) in [6.45, 7) is 4.13. The van der Waals surface area contributed by atoms with E-state index in [-0.39, 0.29) is 17.4 Å². The highest BCUT2D eigenvalue weighted by Crippen LogP contribution is 2.33. The highest BCUT2D eigenvalue weighted by molar-refractivity contribution is 7.20. The maximum Gasteiger partial charge on any atom is 0.335 e. The summed E-state index contributed by atoms with van der Waals surface area (Å²) >= 11 is 1.36. The number of carbonyl (C=O) groups excluding carboxylic acids is 1. The predicted molar refractivity (Wildman–Crippen MR) is 101 cm³/mol. The van der Waals surface area contributed by atoms with Crippen LogP contribution in [0.25, 0.3) is 10.2 Å². The number of methoxy groups -OCH3 is 1. The van der Waals surface area contributed by atoms with Gasteiger partial charge in [0.2, 0.25) is 0 Å². The van der Waals surface area contributed by atoms with Gasteiger partial charge in [-0.25, -0.2) is 4.79 Å². The predicted octanol–water partition coefficient (Wildman–Crippen LogP) is 3.72. The van der Waals surface area contributed by atoms with Crippen LogP contribution in [0.4, 0.5) is 5.69 Å². The Morgan fingerprint density at radius 2 is 2.04 bits per heavy atom. The van der Waals surface area contributed by atoms with Gasteiger partial charge >= 0.3 is 5.97 Å². The molecule has 0 bridgehead atoms. The number of carbonyl (C=O) groups is 2. The molecular weight excluding hydrogens is 354 g/mol. The van der Waals surface area contributed by atoms with Gasteiger partial charge in [-0.2, -0.15) is 5.10 Å². The Labute approximate surface area is 154 Å². The fourth-order valence-electron chi connectivity index (χ4n) is 2.72. The molecule has 0 saturated heterocycles. The molecule has 0 radical (unpaired) electrons. The maximum atomic E-state index is 12.7. The van der Waals surface area contributed by atoms with Crippen LogP contribution in [-0.4, -0.2) is 33.9 Å². The highest BCUT2D eigenvalue weighted by Gasteiger charge is 2.19. The van der Waals surface area contributed by atoms with E-state index in [0.717, 1.165) is 15.9 Å². The minimum Gasteiger partial charge on any atom is -0.495 e. The summed E-state index contributed by atoms with van der Waals surface area (Å²) in [5.41, 5.74) is 1.47. The van der Waals surface area contributed by atoms with E-state index in [9.17, 15) is 9.59 Å². The van der Waals surface area contributed by atoms with Gasteiger partial charge in [0.25, 0.3) is 5.91 Å². The van der Waals surface area contributed by atoms with Crippen molar-refractivity contribution in [3.63, 3.8) is 0 Å². The zero-order valence-corrected chi connectivity index (χ0v) is 15.7. The van der Waals surface area contributed by atoms with Crippen LogP contribution in [0.3, 0.4) is 0 Å². The zero-order chi connectivity index (χ0) is 19.0. The topological polar surface area (TPSA) is 93.4 Å². The molecule has 0 atom stereocenters. The first-order valence-electron chi connectivity index (χ1n) is 8.01. The summed E-state index contributed by atoms with van der Waals surface area (Å²) in [5, 5.41) is 17.3. The second kappa shape index (κ2) is 6.80. The summed E-state index contributed by atoms with van der Waals surface area (Å²) in [4.78, 5) is 25.2. The maximum absolute atomic E-state index is 12.7. The number of ether oxygens (including phenoxy) is 1. The van der Waals surface area contributed by atoms with Crippen LogP contribution in [0, 0.1) is 0 Å². The van der Waals surface area contributed by atoms with Gasteiger partial charge < -0.3 is 15.2 Å². The number of hydrogen-bond acceptors (Lipinski definition) is 5. The molecule has 0 unspecified atom stereocenters. The third-order valence-corrected chi connectivity index (χ3v) is 5.21. The van der Waals surface area contributed by atoms with Gasteiger partial charge in [0.05, 0.1) is 28.9 Å². The van der Waals surface area contributed by atoms with Gasteiger partial charge in [0.15, 0.2) is 0 Å². The molecular formula is C18H19N3O4S. The summed E-state index contributed by atoms with van der Waals surface area (Å²) in [5.74, 6) is -0.779. The fourth-order valence-corrected chi connectivity index (χ4v) is 3.69. The van der Waals surface area contributed by atoms with Crippen LogP contribution in [0.5, 0.6) is 5.75 Å². The number of thiophene rings is 1. The summed E-state index contributed by atoms with van der Waals surface area (Å²) in [7, 11) is 3.29. The van der Waals surface area contributed by atoms with Gasteiger partial charge in [0, 0.05) is 12.4 Å². The smallest absolute Gasteiger partial charge is 0.335 e. The Balaban J connectivity index is 1.92. The van der Waals surface area contributed by atoms with Crippen LogP contribution in [0.15, 0.2) is 24.3 Å². The number of hydrogen-bond donors (Lipinski definition) is 2. The molecule has 8 heteroatoms. The molecule has 3 aromatic rings. The average Bonchev–Trinajstić information content (AvgIpc) is 3.15. The molecule has 7 nitrogen and oxygen atoms in total. The molecule has 136 valence electrons. The van der Waals surface area contributed by atoms with E-state index in [1.165, 1.54) is 36.6 Å². The van der Waals surface area contributed by atoms with Crippen molar-refractivity contribution < 1.29 is 19.4 Å². The number of anilines is 1. The first kappa shape index (κ1) is 17.9. The van der Waals surface area contributed by atoms with Crippen molar-refractivity contribution in [2.24, 2.45) is 7.05 Å². The number of benzene rings is 1. The lowest BCUT2D eigenvalue weighted by Crippen LogP contribution is -2.11. The Bertz CT molecular complexity index is 1000. The average molecular weight is 373 g/mol. The van der Waals surface area contributed by atoms with Crippen molar-refractivity contribution in [1.82, 2.24) is 9.78 Å². The Morgan fingerprint density at radius 3 is 2.65 bits per heavy atom. The SMILES string of the molecule is COc1cc(C(=O)O)ccc1NC(=O)c1cc2c(C(C)C)nn(C)c2s1. The number of carboxylic acids is 1. The van der Waals surface area contributed by atoms with Crippen LogP contribution in [0.1, 0.15) is 45.5 Å². The molecule has 2 N–H and O–H groups in total. The number of amides is 1. The lowest BCUT2D eigenvalue weighted by atomic mass is 10.1.